The summed E-state index contributed by atoms with van der Waals surface area (Å²) in [7, 11) is -1.21. The van der Waals surface area contributed by atoms with Gasteiger partial charge in [0.15, 0.2) is 0 Å². The first-order valence-electron chi connectivity index (χ1n) is 6.46. The van der Waals surface area contributed by atoms with Gasteiger partial charge >= 0.3 is 0 Å². The first-order chi connectivity index (χ1) is 7.97. The normalized spacial score (nSPS) is 10.8. The van der Waals surface area contributed by atoms with Gasteiger partial charge in [-0.3, -0.25) is 4.18 Å². The van der Waals surface area contributed by atoms with Gasteiger partial charge in [0.05, 0.1) is 12.9 Å². The van der Waals surface area contributed by atoms with Crippen molar-refractivity contribution in [2.75, 3.05) is 26.5 Å². The smallest absolute Gasteiger partial charge is 0.264 e. The summed E-state index contributed by atoms with van der Waals surface area (Å²) in [6.07, 6.45) is 8.00. The zero-order chi connectivity index (χ0) is 13.6. The van der Waals surface area contributed by atoms with Crippen molar-refractivity contribution in [3.05, 3.63) is 0 Å². The summed E-state index contributed by atoms with van der Waals surface area (Å²) in [5.41, 5.74) is 0. The zero-order valence-electron chi connectivity index (χ0n) is 11.8. The first kappa shape index (κ1) is 19.2. The molecule has 1 N–H and O–H groups in total. The lowest BCUT2D eigenvalue weighted by atomic mass is 10.2. The highest BCUT2D eigenvalue weighted by Gasteiger charge is 1.98. The van der Waals surface area contributed by atoms with E-state index < -0.39 is 10.1 Å². The van der Waals surface area contributed by atoms with E-state index in [0.717, 1.165) is 25.5 Å². The Morgan fingerprint density at radius 1 is 1.00 bits per heavy atom. The van der Waals surface area contributed by atoms with Crippen LogP contribution < -0.4 is 5.32 Å². The van der Waals surface area contributed by atoms with Crippen LogP contribution in [0.1, 0.15) is 52.4 Å². The maximum atomic E-state index is 10.4. The molecule has 0 unspecified atom stereocenters. The molecular formula is C12H29NO3S. The van der Waals surface area contributed by atoms with Gasteiger partial charge in [-0.05, 0) is 26.4 Å². The number of nitrogens with one attached hydrogen (secondary N) is 1. The fourth-order valence-corrected chi connectivity index (χ4v) is 1.53. The molecule has 4 nitrogen and oxygen atoms in total. The summed E-state index contributed by atoms with van der Waals surface area (Å²) in [5, 5.41) is 3.10. The number of unbranched alkanes of at least 4 members (excludes halogenated alkanes) is 4. The van der Waals surface area contributed by atoms with Crippen LogP contribution in [0.3, 0.4) is 0 Å². The van der Waals surface area contributed by atoms with Gasteiger partial charge in [-0.15, -0.1) is 0 Å². The third-order valence-electron chi connectivity index (χ3n) is 2.08. The third-order valence-corrected chi connectivity index (χ3v) is 2.67. The molecular weight excluding hydrogens is 238 g/mol. The van der Waals surface area contributed by atoms with Crippen molar-refractivity contribution >= 4 is 10.1 Å². The van der Waals surface area contributed by atoms with E-state index in [0.29, 0.717) is 6.61 Å². The molecule has 0 atom stereocenters. The van der Waals surface area contributed by atoms with E-state index in [1.165, 1.54) is 25.8 Å². The highest BCUT2D eigenvalue weighted by molar-refractivity contribution is 7.85. The minimum atomic E-state index is -3.20. The van der Waals surface area contributed by atoms with Crippen LogP contribution in [0.4, 0.5) is 0 Å². The van der Waals surface area contributed by atoms with Crippen LogP contribution in [0.5, 0.6) is 0 Å². The van der Waals surface area contributed by atoms with E-state index >= 15 is 0 Å². The summed E-state index contributed by atoms with van der Waals surface area (Å²) >= 11 is 0. The third kappa shape index (κ3) is 25.8. The second kappa shape index (κ2) is 13.9. The molecule has 0 rings (SSSR count). The van der Waals surface area contributed by atoms with Crippen molar-refractivity contribution in [3.63, 3.8) is 0 Å². The van der Waals surface area contributed by atoms with Gasteiger partial charge in [0.2, 0.25) is 0 Å². The molecule has 0 radical (unpaired) electrons. The Hall–Kier alpha value is -0.130. The lowest BCUT2D eigenvalue weighted by Crippen LogP contribution is -2.06. The van der Waals surface area contributed by atoms with Gasteiger partial charge in [0, 0.05) is 0 Å². The molecule has 5 heteroatoms. The van der Waals surface area contributed by atoms with Crippen molar-refractivity contribution in [1.29, 1.82) is 0 Å². The summed E-state index contributed by atoms with van der Waals surface area (Å²) in [6.45, 7) is 5.77. The largest absolute Gasteiger partial charge is 0.320 e. The van der Waals surface area contributed by atoms with Gasteiger partial charge in [-0.2, -0.15) is 8.42 Å². The molecule has 0 aromatic carbocycles. The molecule has 0 heterocycles. The van der Waals surface area contributed by atoms with Gasteiger partial charge in [-0.25, -0.2) is 0 Å². The van der Waals surface area contributed by atoms with E-state index in [1.807, 2.05) is 7.05 Å². The van der Waals surface area contributed by atoms with E-state index in [1.54, 1.807) is 0 Å². The Labute approximate surface area is 107 Å². The Morgan fingerprint density at radius 3 is 1.94 bits per heavy atom. The standard InChI is InChI=1S/C6H15N.C6H14O3S/c1-3-4-5-6-7-2;1-3-4-5-6-9-10(2,7)8/h7H,3-6H2,1-2H3;3-6H2,1-2H3. The molecule has 0 aromatic rings. The van der Waals surface area contributed by atoms with Crippen LogP contribution in [0, 0.1) is 0 Å². The Kier molecular flexibility index (Phi) is 15.7. The summed E-state index contributed by atoms with van der Waals surface area (Å²) in [4.78, 5) is 0. The molecule has 0 saturated heterocycles. The predicted molar refractivity (Wildman–Crippen MR) is 73.8 cm³/mol. The van der Waals surface area contributed by atoms with Crippen molar-refractivity contribution in [2.24, 2.45) is 0 Å². The quantitative estimate of drug-likeness (QED) is 0.515. The van der Waals surface area contributed by atoms with Crippen LogP contribution in [0.15, 0.2) is 0 Å². The van der Waals surface area contributed by atoms with Crippen LogP contribution in [-0.2, 0) is 14.3 Å². The van der Waals surface area contributed by atoms with Crippen LogP contribution in [0.25, 0.3) is 0 Å². The van der Waals surface area contributed by atoms with E-state index in [9.17, 15) is 8.42 Å². The second-order valence-corrected chi connectivity index (χ2v) is 5.69. The average molecular weight is 267 g/mol. The number of hydrogen-bond donors (Lipinski definition) is 1. The monoisotopic (exact) mass is 267 g/mol. The summed E-state index contributed by atoms with van der Waals surface area (Å²) < 4.78 is 25.2. The number of rotatable bonds is 9. The number of hydrogen-bond acceptors (Lipinski definition) is 4. The Morgan fingerprint density at radius 2 is 1.53 bits per heavy atom. The maximum absolute atomic E-state index is 10.4. The minimum absolute atomic E-state index is 0.326. The minimum Gasteiger partial charge on any atom is -0.320 e. The molecule has 0 amide bonds. The zero-order valence-corrected chi connectivity index (χ0v) is 12.6. The topological polar surface area (TPSA) is 55.4 Å². The van der Waals surface area contributed by atoms with Crippen molar-refractivity contribution in [3.8, 4) is 0 Å². The van der Waals surface area contributed by atoms with Gasteiger partial charge < -0.3 is 5.32 Å². The highest BCUT2D eigenvalue weighted by atomic mass is 32.2. The summed E-state index contributed by atoms with van der Waals surface area (Å²) in [6, 6.07) is 0. The van der Waals surface area contributed by atoms with Crippen LogP contribution in [0.2, 0.25) is 0 Å². The molecule has 0 bridgehead atoms. The molecule has 0 aliphatic rings. The van der Waals surface area contributed by atoms with Crippen LogP contribution >= 0.6 is 0 Å². The van der Waals surface area contributed by atoms with Crippen molar-refractivity contribution in [1.82, 2.24) is 5.32 Å². The first-order valence-corrected chi connectivity index (χ1v) is 8.28. The average Bonchev–Trinajstić information content (AvgIpc) is 2.25. The van der Waals surface area contributed by atoms with Gasteiger partial charge in [-0.1, -0.05) is 39.5 Å². The highest BCUT2D eigenvalue weighted by Crippen LogP contribution is 1.96. The SMILES string of the molecule is CCCCCNC.CCCCCOS(C)(=O)=O. The van der Waals surface area contributed by atoms with Crippen molar-refractivity contribution in [2.45, 2.75) is 52.4 Å². The molecule has 0 aromatic heterocycles. The van der Waals surface area contributed by atoms with Gasteiger partial charge in [0.1, 0.15) is 0 Å². The Bertz CT molecular complexity index is 224. The molecule has 17 heavy (non-hydrogen) atoms. The van der Waals surface area contributed by atoms with Crippen molar-refractivity contribution < 1.29 is 12.6 Å². The van der Waals surface area contributed by atoms with E-state index in [4.69, 9.17) is 0 Å². The maximum Gasteiger partial charge on any atom is 0.264 e. The summed E-state index contributed by atoms with van der Waals surface area (Å²) in [5.74, 6) is 0. The molecule has 0 aliphatic carbocycles. The fourth-order valence-electron chi connectivity index (χ4n) is 1.11. The molecule has 0 spiro atoms. The van der Waals surface area contributed by atoms with Crippen LogP contribution in [-0.4, -0.2) is 34.9 Å². The van der Waals surface area contributed by atoms with E-state index in [2.05, 4.69) is 23.3 Å². The lowest BCUT2D eigenvalue weighted by molar-refractivity contribution is 0.311. The molecule has 106 valence electrons. The fraction of sp³-hybridized carbons (Fsp3) is 1.00. The predicted octanol–water partition coefficient (Wildman–Crippen LogP) is 2.55. The second-order valence-electron chi connectivity index (χ2n) is 4.04. The molecule has 0 saturated carbocycles. The Balaban J connectivity index is 0. The molecule has 0 fully saturated rings. The lowest BCUT2D eigenvalue weighted by Gasteiger charge is -1.98. The molecule has 0 aliphatic heterocycles. The van der Waals surface area contributed by atoms with E-state index in [-0.39, 0.29) is 0 Å². The van der Waals surface area contributed by atoms with Gasteiger partial charge in [0.25, 0.3) is 10.1 Å².